The normalized spacial score (nSPS) is 27.7. The minimum Gasteiger partial charge on any atom is -0.309 e. The largest absolute Gasteiger partial charge is 0.309 e. The molecule has 2 fully saturated rings. The first-order valence-electron chi connectivity index (χ1n) is 9.27. The number of hydrogen-bond acceptors (Lipinski definition) is 2. The number of likely N-dealkylation sites (tertiary alicyclic amines) is 1. The quantitative estimate of drug-likeness (QED) is 0.817. The van der Waals surface area contributed by atoms with Gasteiger partial charge in [-0.3, -0.25) is 4.90 Å². The van der Waals surface area contributed by atoms with E-state index < -0.39 is 0 Å². The maximum Gasteiger partial charge on any atom is 0.0208 e. The Labute approximate surface area is 136 Å². The van der Waals surface area contributed by atoms with Crippen molar-refractivity contribution in [2.45, 2.75) is 64.6 Å². The highest BCUT2D eigenvalue weighted by atomic mass is 15.2. The average Bonchev–Trinajstić information content (AvgIpc) is 3.38. The highest BCUT2D eigenvalue weighted by Crippen LogP contribution is 2.37. The first-order valence-corrected chi connectivity index (χ1v) is 9.27. The summed E-state index contributed by atoms with van der Waals surface area (Å²) in [7, 11) is 0. The van der Waals surface area contributed by atoms with Crippen molar-refractivity contribution in [3.05, 3.63) is 35.9 Å². The number of benzene rings is 1. The van der Waals surface area contributed by atoms with Gasteiger partial charge in [-0.15, -0.1) is 0 Å². The van der Waals surface area contributed by atoms with Gasteiger partial charge in [-0.2, -0.15) is 0 Å². The van der Waals surface area contributed by atoms with E-state index in [0.717, 1.165) is 24.4 Å². The van der Waals surface area contributed by atoms with Crippen LogP contribution < -0.4 is 5.32 Å². The Bertz CT molecular complexity index is 440. The molecule has 3 atom stereocenters. The molecule has 0 aromatic heterocycles. The zero-order valence-corrected chi connectivity index (χ0v) is 14.3. The number of nitrogens with zero attached hydrogens (tertiary/aromatic N) is 1. The molecule has 1 aliphatic carbocycles. The van der Waals surface area contributed by atoms with Crippen LogP contribution in [-0.4, -0.2) is 30.1 Å². The SMILES string of the molecule is CCCC1CC(NCc2ccccc2)CN(C(C)C2CC2)C1. The van der Waals surface area contributed by atoms with Crippen molar-refractivity contribution in [2.24, 2.45) is 11.8 Å². The maximum atomic E-state index is 3.83. The van der Waals surface area contributed by atoms with Crippen molar-refractivity contribution in [2.75, 3.05) is 13.1 Å². The molecule has 2 nitrogen and oxygen atoms in total. The third-order valence-electron chi connectivity index (χ3n) is 5.58. The monoisotopic (exact) mass is 300 g/mol. The number of rotatable bonds is 7. The topological polar surface area (TPSA) is 15.3 Å². The lowest BCUT2D eigenvalue weighted by molar-refractivity contribution is 0.0900. The summed E-state index contributed by atoms with van der Waals surface area (Å²) in [5.41, 5.74) is 1.40. The van der Waals surface area contributed by atoms with E-state index in [4.69, 9.17) is 0 Å². The Kier molecular flexibility index (Phi) is 5.54. The Morgan fingerprint density at radius 3 is 2.64 bits per heavy atom. The molecule has 1 heterocycles. The van der Waals surface area contributed by atoms with Gasteiger partial charge in [0.1, 0.15) is 0 Å². The molecule has 0 amide bonds. The zero-order valence-electron chi connectivity index (χ0n) is 14.3. The molecule has 0 radical (unpaired) electrons. The summed E-state index contributed by atoms with van der Waals surface area (Å²) in [6, 6.07) is 12.3. The van der Waals surface area contributed by atoms with Crippen LogP contribution >= 0.6 is 0 Å². The molecule has 22 heavy (non-hydrogen) atoms. The van der Waals surface area contributed by atoms with E-state index in [1.165, 1.54) is 50.8 Å². The number of piperidine rings is 1. The van der Waals surface area contributed by atoms with Gasteiger partial charge in [-0.1, -0.05) is 43.7 Å². The molecule has 122 valence electrons. The van der Waals surface area contributed by atoms with Crippen LogP contribution in [0.3, 0.4) is 0 Å². The van der Waals surface area contributed by atoms with Crippen LogP contribution in [0.5, 0.6) is 0 Å². The third kappa shape index (κ3) is 4.33. The molecular weight excluding hydrogens is 268 g/mol. The summed E-state index contributed by atoms with van der Waals surface area (Å²) >= 11 is 0. The van der Waals surface area contributed by atoms with Crippen molar-refractivity contribution in [1.29, 1.82) is 0 Å². The van der Waals surface area contributed by atoms with E-state index in [0.29, 0.717) is 6.04 Å². The van der Waals surface area contributed by atoms with Gasteiger partial charge in [0.25, 0.3) is 0 Å². The van der Waals surface area contributed by atoms with Crippen LogP contribution in [-0.2, 0) is 6.54 Å². The van der Waals surface area contributed by atoms with E-state index in [9.17, 15) is 0 Å². The van der Waals surface area contributed by atoms with E-state index >= 15 is 0 Å². The lowest BCUT2D eigenvalue weighted by Gasteiger charge is -2.41. The Morgan fingerprint density at radius 1 is 1.18 bits per heavy atom. The van der Waals surface area contributed by atoms with Gasteiger partial charge >= 0.3 is 0 Å². The van der Waals surface area contributed by atoms with Crippen LogP contribution in [0, 0.1) is 11.8 Å². The van der Waals surface area contributed by atoms with Crippen molar-refractivity contribution < 1.29 is 0 Å². The van der Waals surface area contributed by atoms with E-state index in [1.807, 2.05) is 0 Å². The van der Waals surface area contributed by atoms with Crippen molar-refractivity contribution in [1.82, 2.24) is 10.2 Å². The lowest BCUT2D eigenvalue weighted by Crippen LogP contribution is -2.52. The average molecular weight is 300 g/mol. The Morgan fingerprint density at radius 2 is 1.95 bits per heavy atom. The first-order chi connectivity index (χ1) is 10.8. The fourth-order valence-electron chi connectivity index (χ4n) is 4.07. The number of hydrogen-bond donors (Lipinski definition) is 1. The molecule has 1 aromatic carbocycles. The maximum absolute atomic E-state index is 3.83. The molecule has 3 rings (SSSR count). The Balaban J connectivity index is 1.56. The molecule has 1 saturated carbocycles. The van der Waals surface area contributed by atoms with Gasteiger partial charge in [0, 0.05) is 31.7 Å². The molecule has 1 N–H and O–H groups in total. The lowest BCUT2D eigenvalue weighted by atomic mass is 9.89. The van der Waals surface area contributed by atoms with Gasteiger partial charge in [0.2, 0.25) is 0 Å². The summed E-state index contributed by atoms with van der Waals surface area (Å²) in [5, 5.41) is 3.83. The molecule has 0 bridgehead atoms. The van der Waals surface area contributed by atoms with Crippen molar-refractivity contribution in [3.8, 4) is 0 Å². The first kappa shape index (κ1) is 16.0. The predicted octanol–water partition coefficient (Wildman–Crippen LogP) is 4.07. The second-order valence-corrected chi connectivity index (χ2v) is 7.49. The highest BCUT2D eigenvalue weighted by molar-refractivity contribution is 5.14. The van der Waals surface area contributed by atoms with Gasteiger partial charge in [-0.05, 0) is 50.0 Å². The van der Waals surface area contributed by atoms with Crippen LogP contribution in [0.15, 0.2) is 30.3 Å². The van der Waals surface area contributed by atoms with Gasteiger partial charge in [-0.25, -0.2) is 0 Å². The summed E-state index contributed by atoms with van der Waals surface area (Å²) in [6.45, 7) is 8.37. The van der Waals surface area contributed by atoms with Gasteiger partial charge < -0.3 is 5.32 Å². The highest BCUT2D eigenvalue weighted by Gasteiger charge is 2.36. The molecule has 3 unspecified atom stereocenters. The van der Waals surface area contributed by atoms with Gasteiger partial charge in [0.15, 0.2) is 0 Å². The van der Waals surface area contributed by atoms with E-state index in [2.05, 4.69) is 54.4 Å². The number of nitrogens with one attached hydrogen (secondary N) is 1. The molecule has 1 saturated heterocycles. The van der Waals surface area contributed by atoms with Crippen molar-refractivity contribution >= 4 is 0 Å². The van der Waals surface area contributed by atoms with E-state index in [-0.39, 0.29) is 0 Å². The van der Waals surface area contributed by atoms with Crippen molar-refractivity contribution in [3.63, 3.8) is 0 Å². The van der Waals surface area contributed by atoms with Crippen LogP contribution in [0.25, 0.3) is 0 Å². The summed E-state index contributed by atoms with van der Waals surface area (Å²) in [4.78, 5) is 2.78. The fraction of sp³-hybridized carbons (Fsp3) is 0.700. The van der Waals surface area contributed by atoms with Crippen LogP contribution in [0.4, 0.5) is 0 Å². The molecule has 0 spiro atoms. The fourth-order valence-corrected chi connectivity index (χ4v) is 4.07. The Hall–Kier alpha value is -0.860. The third-order valence-corrected chi connectivity index (χ3v) is 5.58. The van der Waals surface area contributed by atoms with Crippen LogP contribution in [0.1, 0.15) is 51.5 Å². The molecule has 2 heteroatoms. The molecular formula is C20H32N2. The minimum absolute atomic E-state index is 0.659. The summed E-state index contributed by atoms with van der Waals surface area (Å²) in [5.74, 6) is 1.86. The van der Waals surface area contributed by atoms with E-state index in [1.54, 1.807) is 0 Å². The molecule has 1 aromatic rings. The minimum atomic E-state index is 0.659. The summed E-state index contributed by atoms with van der Waals surface area (Å²) < 4.78 is 0. The molecule has 1 aliphatic heterocycles. The van der Waals surface area contributed by atoms with Crippen LogP contribution in [0.2, 0.25) is 0 Å². The van der Waals surface area contributed by atoms with Gasteiger partial charge in [0.05, 0.1) is 0 Å². The predicted molar refractivity (Wildman–Crippen MR) is 93.8 cm³/mol. The summed E-state index contributed by atoms with van der Waals surface area (Å²) in [6.07, 6.45) is 6.98. The smallest absolute Gasteiger partial charge is 0.0208 e. The standard InChI is InChI=1S/C20H32N2/c1-3-7-18-12-20(21-13-17-8-5-4-6-9-17)15-22(14-18)16(2)19-10-11-19/h4-6,8-9,16,18-21H,3,7,10-15H2,1-2H3. The second kappa shape index (κ2) is 7.61. The second-order valence-electron chi connectivity index (χ2n) is 7.49. The molecule has 2 aliphatic rings. The zero-order chi connectivity index (χ0) is 15.4.